The normalized spacial score (nSPS) is 10.5. The van der Waals surface area contributed by atoms with E-state index in [1.165, 1.54) is 25.3 Å². The van der Waals surface area contributed by atoms with E-state index in [1.807, 2.05) is 6.07 Å². The Hall–Kier alpha value is -6.05. The highest BCUT2D eigenvalue weighted by atomic mass is 19.2. The van der Waals surface area contributed by atoms with Crippen molar-refractivity contribution in [2.45, 2.75) is 6.54 Å². The maximum atomic E-state index is 13.5. The van der Waals surface area contributed by atoms with E-state index in [2.05, 4.69) is 10.3 Å². The van der Waals surface area contributed by atoms with Crippen molar-refractivity contribution in [3.8, 4) is 28.5 Å². The number of carbonyl (C=O) groups is 1. The third kappa shape index (κ3) is 6.82. The van der Waals surface area contributed by atoms with E-state index in [4.69, 9.17) is 9.84 Å². The van der Waals surface area contributed by atoms with Gasteiger partial charge in [-0.05, 0) is 54.1 Å². The summed E-state index contributed by atoms with van der Waals surface area (Å²) in [7, 11) is 1.52. The maximum Gasteiger partial charge on any atom is 0.310 e. The largest absolute Gasteiger partial charge is 0.502 e. The van der Waals surface area contributed by atoms with E-state index in [1.54, 1.807) is 24.3 Å². The minimum atomic E-state index is -0.927. The van der Waals surface area contributed by atoms with E-state index >= 15 is 0 Å². The molecule has 0 aliphatic rings. The second kappa shape index (κ2) is 12.6. The summed E-state index contributed by atoms with van der Waals surface area (Å²) in [5.41, 5.74) is 2.60. The number of hydrogen-bond acceptors (Lipinski definition) is 9. The number of methoxy groups -OCH3 is 1. The number of nitro benzene ring substituents is 2. The molecule has 0 bridgehead atoms. The molecule has 0 radical (unpaired) electrons. The molecule has 0 spiro atoms. The molecule has 0 amide bonds. The van der Waals surface area contributed by atoms with E-state index in [0.717, 1.165) is 29.8 Å². The van der Waals surface area contributed by atoms with Gasteiger partial charge in [0.05, 0.1) is 22.6 Å². The third-order valence-electron chi connectivity index (χ3n) is 6.22. The number of hydrogen-bond donors (Lipinski definition) is 4. The molecule has 0 aliphatic heterocycles. The molecule has 4 N–H and O–H groups in total. The summed E-state index contributed by atoms with van der Waals surface area (Å²) in [6, 6.07) is 16.8. The van der Waals surface area contributed by atoms with Gasteiger partial charge in [0, 0.05) is 52.5 Å². The Kier molecular flexibility index (Phi) is 8.79. The predicted molar refractivity (Wildman–Crippen MR) is 152 cm³/mol. The fourth-order valence-electron chi connectivity index (χ4n) is 4.09. The molecule has 0 aliphatic carbocycles. The summed E-state index contributed by atoms with van der Waals surface area (Å²) in [4.78, 5) is 32.9. The van der Waals surface area contributed by atoms with Crippen LogP contribution in [0.5, 0.6) is 17.2 Å². The first-order valence-electron chi connectivity index (χ1n) is 12.3. The smallest absolute Gasteiger partial charge is 0.310 e. The zero-order valence-corrected chi connectivity index (χ0v) is 22.2. The van der Waals surface area contributed by atoms with Crippen molar-refractivity contribution < 1.29 is 38.4 Å². The molecule has 0 saturated heterocycles. The number of aromatic hydroxyl groups is 2. The maximum absolute atomic E-state index is 13.5. The minimum absolute atomic E-state index is 0.207. The summed E-state index contributed by atoms with van der Waals surface area (Å²) >= 11 is 0. The van der Waals surface area contributed by atoms with Crippen LogP contribution < -0.4 is 10.1 Å². The Morgan fingerprint density at radius 3 is 2.14 bits per heavy atom. The number of H-pyrrole nitrogens is 1. The first-order chi connectivity index (χ1) is 20.5. The molecule has 0 saturated carbocycles. The highest BCUT2D eigenvalue weighted by molar-refractivity contribution is 5.87. The lowest BCUT2D eigenvalue weighted by atomic mass is 10.1. The van der Waals surface area contributed by atoms with E-state index in [-0.39, 0.29) is 17.8 Å². The second-order valence-corrected chi connectivity index (χ2v) is 9.01. The van der Waals surface area contributed by atoms with Crippen molar-refractivity contribution in [2.24, 2.45) is 0 Å². The van der Waals surface area contributed by atoms with Crippen molar-refractivity contribution in [3.05, 3.63) is 116 Å². The SMILES string of the molecule is COc1ccc(-c2cc3cc(F)c(F)cc3[nH]2)cc1NCc1ccc([N+](=O)[O-])c(O)c1.O=Cc1ccc([N+](=O)[O-])c(O)c1. The van der Waals surface area contributed by atoms with Crippen LogP contribution in [0.3, 0.4) is 0 Å². The van der Waals surface area contributed by atoms with Gasteiger partial charge < -0.3 is 25.3 Å². The molecule has 43 heavy (non-hydrogen) atoms. The Morgan fingerprint density at radius 2 is 1.53 bits per heavy atom. The molecule has 220 valence electrons. The van der Waals surface area contributed by atoms with Crippen LogP contribution >= 0.6 is 0 Å². The average Bonchev–Trinajstić information content (AvgIpc) is 3.38. The van der Waals surface area contributed by atoms with Crippen molar-refractivity contribution in [1.29, 1.82) is 0 Å². The first kappa shape index (κ1) is 29.9. The number of halogens is 2. The average molecular weight is 593 g/mol. The van der Waals surface area contributed by atoms with E-state index < -0.39 is 38.7 Å². The number of phenols is 2. The molecule has 1 heterocycles. The van der Waals surface area contributed by atoms with Gasteiger partial charge in [-0.1, -0.05) is 6.07 Å². The summed E-state index contributed by atoms with van der Waals surface area (Å²) in [5, 5.41) is 43.5. The number of aromatic amines is 1. The van der Waals surface area contributed by atoms with Crippen LogP contribution in [0.25, 0.3) is 22.2 Å². The molecule has 0 unspecified atom stereocenters. The number of nitrogens with one attached hydrogen (secondary N) is 2. The van der Waals surface area contributed by atoms with Gasteiger partial charge in [-0.2, -0.15) is 0 Å². The van der Waals surface area contributed by atoms with Gasteiger partial charge in [0.15, 0.2) is 23.1 Å². The molecule has 12 nitrogen and oxygen atoms in total. The third-order valence-corrected chi connectivity index (χ3v) is 6.22. The van der Waals surface area contributed by atoms with Crippen LogP contribution in [0.4, 0.5) is 25.8 Å². The number of carbonyl (C=O) groups excluding carboxylic acids is 1. The van der Waals surface area contributed by atoms with Gasteiger partial charge in [-0.25, -0.2) is 8.78 Å². The fourth-order valence-corrected chi connectivity index (χ4v) is 4.09. The highest BCUT2D eigenvalue weighted by Crippen LogP contribution is 2.33. The Morgan fingerprint density at radius 1 is 0.884 bits per heavy atom. The van der Waals surface area contributed by atoms with Gasteiger partial charge in [-0.3, -0.25) is 25.0 Å². The summed E-state index contributed by atoms with van der Waals surface area (Å²) < 4.78 is 32.4. The predicted octanol–water partition coefficient (Wildman–Crippen LogP) is 6.46. The first-order valence-corrected chi connectivity index (χ1v) is 12.3. The van der Waals surface area contributed by atoms with Crippen molar-refractivity contribution in [2.75, 3.05) is 12.4 Å². The lowest BCUT2D eigenvalue weighted by Gasteiger charge is -2.13. The molecule has 5 rings (SSSR count). The Labute approximate surface area is 241 Å². The topological polar surface area (TPSA) is 181 Å². The van der Waals surface area contributed by atoms with Gasteiger partial charge in [-0.15, -0.1) is 0 Å². The zero-order valence-electron chi connectivity index (χ0n) is 22.2. The summed E-state index contributed by atoms with van der Waals surface area (Å²) in [6.45, 7) is 0.272. The molecule has 4 aromatic carbocycles. The molecular weight excluding hydrogens is 570 g/mol. The van der Waals surface area contributed by atoms with Crippen molar-refractivity contribution in [3.63, 3.8) is 0 Å². The van der Waals surface area contributed by atoms with Crippen molar-refractivity contribution in [1.82, 2.24) is 4.98 Å². The highest BCUT2D eigenvalue weighted by Gasteiger charge is 2.15. The number of nitrogens with zero attached hydrogens (tertiary/aromatic N) is 2. The minimum Gasteiger partial charge on any atom is -0.502 e. The second-order valence-electron chi connectivity index (χ2n) is 9.01. The van der Waals surface area contributed by atoms with Crippen LogP contribution in [0.2, 0.25) is 0 Å². The number of fused-ring (bicyclic) bond motifs is 1. The van der Waals surface area contributed by atoms with Gasteiger partial charge in [0.25, 0.3) is 0 Å². The van der Waals surface area contributed by atoms with Gasteiger partial charge >= 0.3 is 11.4 Å². The Balaban J connectivity index is 0.000000296. The lowest BCUT2D eigenvalue weighted by Crippen LogP contribution is -2.02. The quantitative estimate of drug-likeness (QED) is 0.0893. The number of aldehydes is 1. The standard InChI is InChI=1S/C22H17F2N3O4.C7H5NO4/c1-31-22-5-3-13(17-9-14-7-15(23)16(24)10-18(14)26-17)8-19(22)25-11-12-2-4-20(27(29)30)21(28)6-12;9-4-5-1-2-6(8(11)12)7(10)3-5/h2-10,25-26,28H,11H2,1H3;1-4,10H. The van der Waals surface area contributed by atoms with Gasteiger partial charge in [0.1, 0.15) is 12.0 Å². The van der Waals surface area contributed by atoms with Crippen LogP contribution in [0.1, 0.15) is 15.9 Å². The molecule has 0 atom stereocenters. The lowest BCUT2D eigenvalue weighted by molar-refractivity contribution is -0.386. The monoisotopic (exact) mass is 592 g/mol. The molecule has 0 fully saturated rings. The number of benzene rings is 4. The number of anilines is 1. The molecule has 14 heteroatoms. The van der Waals surface area contributed by atoms with Crippen LogP contribution in [-0.4, -0.2) is 38.4 Å². The summed E-state index contributed by atoms with van der Waals surface area (Å²) in [6.07, 6.45) is 0.503. The fraction of sp³-hybridized carbons (Fsp3) is 0.0690. The number of rotatable bonds is 8. The van der Waals surface area contributed by atoms with Crippen molar-refractivity contribution >= 4 is 34.3 Å². The van der Waals surface area contributed by atoms with E-state index in [9.17, 15) is 38.9 Å². The van der Waals surface area contributed by atoms with Gasteiger partial charge in [0.2, 0.25) is 0 Å². The van der Waals surface area contributed by atoms with Crippen LogP contribution in [0.15, 0.2) is 72.8 Å². The Bertz CT molecular complexity index is 1820. The molecular formula is C29H22F2N4O8. The summed E-state index contributed by atoms with van der Waals surface area (Å²) in [5.74, 6) is -2.19. The molecule has 5 aromatic rings. The van der Waals surface area contributed by atoms with Crippen LogP contribution in [0, 0.1) is 31.9 Å². The zero-order chi connectivity index (χ0) is 31.3. The van der Waals surface area contributed by atoms with Crippen LogP contribution in [-0.2, 0) is 6.54 Å². The molecule has 1 aromatic heterocycles. The van der Waals surface area contributed by atoms with E-state index in [0.29, 0.717) is 39.9 Å². The number of phenolic OH excluding ortho intramolecular Hbond substituents is 2. The number of nitro groups is 2. The number of aromatic nitrogens is 1. The number of ether oxygens (including phenoxy) is 1.